The van der Waals surface area contributed by atoms with Crippen molar-refractivity contribution in [3.8, 4) is 5.75 Å². The maximum absolute atomic E-state index is 10.2. The Kier molecular flexibility index (Phi) is 5.72. The molecule has 0 bridgehead atoms. The van der Waals surface area contributed by atoms with E-state index in [-0.39, 0.29) is 0 Å². The topological polar surface area (TPSA) is 58.7 Å². The Morgan fingerprint density at radius 1 is 1.04 bits per heavy atom. The summed E-state index contributed by atoms with van der Waals surface area (Å²) in [6, 6.07) is 18.0. The van der Waals surface area contributed by atoms with E-state index in [2.05, 4.69) is 35.2 Å². The zero-order valence-electron chi connectivity index (χ0n) is 14.0. The number of nitrogens with zero attached hydrogens (tertiary/aromatic N) is 1. The smallest absolute Gasteiger partial charge is 0.119 e. The highest BCUT2D eigenvalue weighted by atomic mass is 16.5. The molecular weight excluding hydrogens is 300 g/mol. The summed E-state index contributed by atoms with van der Waals surface area (Å²) >= 11 is 0. The van der Waals surface area contributed by atoms with Gasteiger partial charge in [-0.1, -0.05) is 30.3 Å². The third-order valence-corrected chi connectivity index (χ3v) is 4.65. The summed E-state index contributed by atoms with van der Waals surface area (Å²) in [4.78, 5) is 2.33. The number of aliphatic hydroxyl groups excluding tert-OH is 1. The molecule has 2 aromatic rings. The third kappa shape index (κ3) is 4.73. The summed E-state index contributed by atoms with van der Waals surface area (Å²) in [5, 5.41) is 10.2. The van der Waals surface area contributed by atoms with Crippen LogP contribution in [0.2, 0.25) is 0 Å². The van der Waals surface area contributed by atoms with Gasteiger partial charge in [0.05, 0.1) is 0 Å². The summed E-state index contributed by atoms with van der Waals surface area (Å²) in [7, 11) is 0. The molecule has 4 nitrogen and oxygen atoms in total. The molecule has 1 saturated heterocycles. The quantitative estimate of drug-likeness (QED) is 0.802. The number of aliphatic hydroxyl groups is 1. The number of benzene rings is 2. The lowest BCUT2D eigenvalue weighted by Crippen LogP contribution is -2.40. The molecule has 1 fully saturated rings. The molecular formula is C20H26N2O2. The first-order valence-corrected chi connectivity index (χ1v) is 8.64. The lowest BCUT2D eigenvalue weighted by Gasteiger charge is -2.33. The zero-order chi connectivity index (χ0) is 16.8. The predicted molar refractivity (Wildman–Crippen MR) is 97.2 cm³/mol. The molecule has 1 heterocycles. The molecule has 0 saturated carbocycles. The van der Waals surface area contributed by atoms with Crippen LogP contribution >= 0.6 is 0 Å². The molecule has 3 rings (SSSR count). The van der Waals surface area contributed by atoms with Gasteiger partial charge >= 0.3 is 0 Å². The second-order valence-corrected chi connectivity index (χ2v) is 6.52. The maximum atomic E-state index is 10.2. The van der Waals surface area contributed by atoms with E-state index in [1.807, 2.05) is 12.1 Å². The van der Waals surface area contributed by atoms with E-state index in [4.69, 9.17) is 10.5 Å². The molecule has 3 N–H and O–H groups in total. The van der Waals surface area contributed by atoms with Crippen molar-refractivity contribution in [3.05, 3.63) is 60.2 Å². The van der Waals surface area contributed by atoms with E-state index < -0.39 is 6.10 Å². The number of β-amino-alcohol motifs (C(OH)–C–C–N with tert-alkyl or cyclic N) is 1. The zero-order valence-corrected chi connectivity index (χ0v) is 14.0. The van der Waals surface area contributed by atoms with E-state index in [0.29, 0.717) is 24.8 Å². The number of hydrogen-bond acceptors (Lipinski definition) is 4. The number of nitrogen functional groups attached to an aromatic ring is 1. The highest BCUT2D eigenvalue weighted by Crippen LogP contribution is 2.27. The lowest BCUT2D eigenvalue weighted by molar-refractivity contribution is 0.0594. The van der Waals surface area contributed by atoms with Crippen molar-refractivity contribution in [2.75, 3.05) is 32.0 Å². The Labute approximate surface area is 143 Å². The van der Waals surface area contributed by atoms with Crippen LogP contribution in [0.5, 0.6) is 5.75 Å². The largest absolute Gasteiger partial charge is 0.491 e. The molecule has 0 aliphatic carbocycles. The lowest BCUT2D eigenvalue weighted by atomic mass is 9.89. The van der Waals surface area contributed by atoms with Crippen molar-refractivity contribution in [2.24, 2.45) is 0 Å². The fraction of sp³-hybridized carbons (Fsp3) is 0.400. The molecule has 0 amide bonds. The van der Waals surface area contributed by atoms with Crippen LogP contribution in [0.4, 0.5) is 5.69 Å². The van der Waals surface area contributed by atoms with Crippen molar-refractivity contribution in [1.82, 2.24) is 4.90 Å². The van der Waals surface area contributed by atoms with Gasteiger partial charge in [0.1, 0.15) is 18.5 Å². The maximum Gasteiger partial charge on any atom is 0.119 e. The minimum absolute atomic E-state index is 0.308. The highest BCUT2D eigenvalue weighted by Gasteiger charge is 2.22. The SMILES string of the molecule is Nc1ccc(OCC(O)CN2CCC(c3ccccc3)CC2)cc1. The first kappa shape index (κ1) is 16.8. The van der Waals surface area contributed by atoms with Gasteiger partial charge in [-0.2, -0.15) is 0 Å². The van der Waals surface area contributed by atoms with Gasteiger partial charge in [0.25, 0.3) is 0 Å². The Bertz CT molecular complexity index is 607. The van der Waals surface area contributed by atoms with Crippen LogP contribution < -0.4 is 10.5 Å². The van der Waals surface area contributed by atoms with Gasteiger partial charge in [0, 0.05) is 12.2 Å². The summed E-state index contributed by atoms with van der Waals surface area (Å²) in [6.45, 7) is 3.02. The average molecular weight is 326 g/mol. The van der Waals surface area contributed by atoms with Gasteiger partial charge in [0.2, 0.25) is 0 Å². The fourth-order valence-electron chi connectivity index (χ4n) is 3.28. The van der Waals surface area contributed by atoms with E-state index in [9.17, 15) is 5.11 Å². The van der Waals surface area contributed by atoms with Crippen LogP contribution in [0.15, 0.2) is 54.6 Å². The van der Waals surface area contributed by atoms with Gasteiger partial charge < -0.3 is 20.5 Å². The van der Waals surface area contributed by atoms with E-state index in [0.717, 1.165) is 31.7 Å². The molecule has 128 valence electrons. The molecule has 0 radical (unpaired) electrons. The number of rotatable bonds is 6. The summed E-state index contributed by atoms with van der Waals surface area (Å²) < 4.78 is 5.62. The Morgan fingerprint density at radius 2 is 1.71 bits per heavy atom. The van der Waals surface area contributed by atoms with Gasteiger partial charge in [-0.15, -0.1) is 0 Å². The fourth-order valence-corrected chi connectivity index (χ4v) is 3.28. The molecule has 1 aliphatic rings. The molecule has 1 atom stereocenters. The van der Waals surface area contributed by atoms with Crippen LogP contribution in [0.3, 0.4) is 0 Å². The Balaban J connectivity index is 1.40. The normalized spacial score (nSPS) is 17.5. The van der Waals surface area contributed by atoms with E-state index >= 15 is 0 Å². The van der Waals surface area contributed by atoms with Gasteiger partial charge in [-0.05, 0) is 61.7 Å². The van der Waals surface area contributed by atoms with Gasteiger partial charge in [0.15, 0.2) is 0 Å². The minimum atomic E-state index is -0.476. The molecule has 4 heteroatoms. The summed E-state index contributed by atoms with van der Waals surface area (Å²) in [6.07, 6.45) is 1.82. The standard InChI is InChI=1S/C20H26N2O2/c21-18-6-8-20(9-7-18)24-15-19(23)14-22-12-10-17(11-13-22)16-4-2-1-3-5-16/h1-9,17,19,23H,10-15,21H2. The second-order valence-electron chi connectivity index (χ2n) is 6.52. The molecule has 1 unspecified atom stereocenters. The first-order chi connectivity index (χ1) is 11.7. The monoisotopic (exact) mass is 326 g/mol. The van der Waals surface area contributed by atoms with E-state index in [1.54, 1.807) is 12.1 Å². The van der Waals surface area contributed by atoms with Crippen LogP contribution in [0, 0.1) is 0 Å². The van der Waals surface area contributed by atoms with Crippen LogP contribution in [-0.4, -0.2) is 42.4 Å². The van der Waals surface area contributed by atoms with Crippen molar-refractivity contribution < 1.29 is 9.84 Å². The van der Waals surface area contributed by atoms with Crippen LogP contribution in [0.25, 0.3) is 0 Å². The summed E-state index contributed by atoms with van der Waals surface area (Å²) in [5.41, 5.74) is 7.79. The molecule has 0 spiro atoms. The third-order valence-electron chi connectivity index (χ3n) is 4.65. The number of hydrogen-bond donors (Lipinski definition) is 2. The molecule has 24 heavy (non-hydrogen) atoms. The van der Waals surface area contributed by atoms with E-state index in [1.165, 1.54) is 5.56 Å². The molecule has 2 aromatic carbocycles. The number of piperidine rings is 1. The van der Waals surface area contributed by atoms with Crippen molar-refractivity contribution in [2.45, 2.75) is 24.9 Å². The van der Waals surface area contributed by atoms with Crippen molar-refractivity contribution >= 4 is 5.69 Å². The number of ether oxygens (including phenoxy) is 1. The number of anilines is 1. The second kappa shape index (κ2) is 8.18. The van der Waals surface area contributed by atoms with Crippen LogP contribution in [0.1, 0.15) is 24.3 Å². The number of nitrogens with two attached hydrogens (primary N) is 1. The predicted octanol–water partition coefficient (Wildman–Crippen LogP) is 2.89. The number of likely N-dealkylation sites (tertiary alicyclic amines) is 1. The van der Waals surface area contributed by atoms with Crippen LogP contribution in [-0.2, 0) is 0 Å². The molecule has 0 aromatic heterocycles. The minimum Gasteiger partial charge on any atom is -0.491 e. The van der Waals surface area contributed by atoms with Gasteiger partial charge in [-0.3, -0.25) is 0 Å². The van der Waals surface area contributed by atoms with Gasteiger partial charge in [-0.25, -0.2) is 0 Å². The Morgan fingerprint density at radius 3 is 2.38 bits per heavy atom. The average Bonchev–Trinajstić information content (AvgIpc) is 2.63. The molecule has 1 aliphatic heterocycles. The van der Waals surface area contributed by atoms with Crippen molar-refractivity contribution in [1.29, 1.82) is 0 Å². The highest BCUT2D eigenvalue weighted by molar-refractivity contribution is 5.41. The van der Waals surface area contributed by atoms with Crippen molar-refractivity contribution in [3.63, 3.8) is 0 Å². The summed E-state index contributed by atoms with van der Waals surface area (Å²) in [5.74, 6) is 1.39. The first-order valence-electron chi connectivity index (χ1n) is 8.64. The Hall–Kier alpha value is -2.04.